The maximum atomic E-state index is 12.3. The molecule has 122 valence electrons. The van der Waals surface area contributed by atoms with E-state index in [-0.39, 0.29) is 5.91 Å². The predicted octanol–water partition coefficient (Wildman–Crippen LogP) is 2.58. The van der Waals surface area contributed by atoms with Crippen LogP contribution in [0.5, 0.6) is 0 Å². The summed E-state index contributed by atoms with van der Waals surface area (Å²) in [6, 6.07) is 8.24. The van der Waals surface area contributed by atoms with Crippen LogP contribution in [0.3, 0.4) is 0 Å². The molecule has 0 bridgehead atoms. The van der Waals surface area contributed by atoms with E-state index in [1.54, 1.807) is 6.20 Å². The van der Waals surface area contributed by atoms with E-state index < -0.39 is 0 Å². The summed E-state index contributed by atoms with van der Waals surface area (Å²) in [4.78, 5) is 12.3. The fourth-order valence-corrected chi connectivity index (χ4v) is 2.78. The first kappa shape index (κ1) is 15.7. The van der Waals surface area contributed by atoms with Crippen LogP contribution in [-0.2, 0) is 0 Å². The number of piperidine rings is 1. The van der Waals surface area contributed by atoms with Crippen molar-refractivity contribution >= 4 is 11.6 Å². The molecule has 0 spiro atoms. The smallest absolute Gasteiger partial charge is 0.277 e. The Labute approximate surface area is 136 Å². The van der Waals surface area contributed by atoms with E-state index in [0.717, 1.165) is 31.6 Å². The molecular formula is C17H23N5O. The summed E-state index contributed by atoms with van der Waals surface area (Å²) in [6.45, 7) is 6.25. The molecule has 1 aliphatic heterocycles. The summed E-state index contributed by atoms with van der Waals surface area (Å²) in [5.41, 5.74) is 2.38. The lowest BCUT2D eigenvalue weighted by Crippen LogP contribution is -2.29. The quantitative estimate of drug-likeness (QED) is 0.910. The number of hydrogen-bond donors (Lipinski definition) is 2. The van der Waals surface area contributed by atoms with Crippen LogP contribution in [0.2, 0.25) is 0 Å². The Hall–Kier alpha value is -2.21. The van der Waals surface area contributed by atoms with E-state index in [1.165, 1.54) is 5.56 Å². The van der Waals surface area contributed by atoms with Crippen molar-refractivity contribution in [2.75, 3.05) is 18.4 Å². The van der Waals surface area contributed by atoms with Gasteiger partial charge >= 0.3 is 0 Å². The van der Waals surface area contributed by atoms with E-state index in [0.29, 0.717) is 17.7 Å². The van der Waals surface area contributed by atoms with Crippen LogP contribution in [0.4, 0.5) is 5.69 Å². The van der Waals surface area contributed by atoms with Gasteiger partial charge in [0.15, 0.2) is 5.69 Å². The van der Waals surface area contributed by atoms with E-state index in [2.05, 4.69) is 34.8 Å². The largest absolute Gasteiger partial charge is 0.321 e. The molecule has 23 heavy (non-hydrogen) atoms. The number of nitrogens with zero attached hydrogens (tertiary/aromatic N) is 3. The third-order valence-electron chi connectivity index (χ3n) is 4.26. The van der Waals surface area contributed by atoms with Crippen molar-refractivity contribution in [3.63, 3.8) is 0 Å². The van der Waals surface area contributed by atoms with E-state index in [9.17, 15) is 4.79 Å². The normalized spacial score (nSPS) is 15.8. The van der Waals surface area contributed by atoms with Gasteiger partial charge in [0.05, 0.1) is 12.2 Å². The van der Waals surface area contributed by atoms with Crippen molar-refractivity contribution in [2.45, 2.75) is 38.6 Å². The van der Waals surface area contributed by atoms with Crippen molar-refractivity contribution in [1.29, 1.82) is 0 Å². The standard InChI is InChI=1S/C17H23N5O/c1-12(2)13-3-5-14(6-4-13)19-17(23)16-11-22(21-20-16)15-7-9-18-10-8-15/h3-6,11-12,15,18H,7-10H2,1-2H3,(H,19,23). The minimum Gasteiger partial charge on any atom is -0.321 e. The highest BCUT2D eigenvalue weighted by atomic mass is 16.2. The highest BCUT2D eigenvalue weighted by Gasteiger charge is 2.18. The molecule has 3 rings (SSSR count). The minimum absolute atomic E-state index is 0.220. The monoisotopic (exact) mass is 313 g/mol. The van der Waals surface area contributed by atoms with Gasteiger partial charge in [-0.3, -0.25) is 4.79 Å². The zero-order valence-electron chi connectivity index (χ0n) is 13.6. The molecule has 0 aliphatic carbocycles. The van der Waals surface area contributed by atoms with E-state index in [1.807, 2.05) is 28.9 Å². The first-order valence-electron chi connectivity index (χ1n) is 8.17. The van der Waals surface area contributed by atoms with Gasteiger partial charge in [0, 0.05) is 5.69 Å². The number of benzene rings is 1. The molecule has 0 saturated carbocycles. The third kappa shape index (κ3) is 3.76. The molecular weight excluding hydrogens is 290 g/mol. The maximum absolute atomic E-state index is 12.3. The van der Waals surface area contributed by atoms with Gasteiger partial charge < -0.3 is 10.6 Å². The van der Waals surface area contributed by atoms with Crippen LogP contribution in [0.25, 0.3) is 0 Å². The van der Waals surface area contributed by atoms with Gasteiger partial charge in [-0.15, -0.1) is 5.10 Å². The number of rotatable bonds is 4. The second-order valence-electron chi connectivity index (χ2n) is 6.30. The maximum Gasteiger partial charge on any atom is 0.277 e. The predicted molar refractivity (Wildman–Crippen MR) is 89.6 cm³/mol. The van der Waals surface area contributed by atoms with E-state index >= 15 is 0 Å². The molecule has 6 heteroatoms. The third-order valence-corrected chi connectivity index (χ3v) is 4.26. The van der Waals surface area contributed by atoms with Crippen molar-refractivity contribution < 1.29 is 4.79 Å². The lowest BCUT2D eigenvalue weighted by atomic mass is 10.0. The molecule has 1 aromatic heterocycles. The molecule has 2 N–H and O–H groups in total. The zero-order chi connectivity index (χ0) is 16.2. The Kier molecular flexibility index (Phi) is 4.71. The number of amides is 1. The van der Waals surface area contributed by atoms with Gasteiger partial charge in [0.25, 0.3) is 5.91 Å². The molecule has 1 amide bonds. The van der Waals surface area contributed by atoms with Gasteiger partial charge in [-0.2, -0.15) is 0 Å². The molecule has 2 aromatic rings. The molecule has 2 heterocycles. The molecule has 1 aromatic carbocycles. The Morgan fingerprint density at radius 3 is 2.61 bits per heavy atom. The Morgan fingerprint density at radius 1 is 1.26 bits per heavy atom. The van der Waals surface area contributed by atoms with E-state index in [4.69, 9.17) is 0 Å². The number of nitrogens with one attached hydrogen (secondary N) is 2. The summed E-state index contributed by atoms with van der Waals surface area (Å²) in [5.74, 6) is 0.257. The van der Waals surface area contributed by atoms with Crippen LogP contribution in [0.1, 0.15) is 54.7 Å². The fraction of sp³-hybridized carbons (Fsp3) is 0.471. The van der Waals surface area contributed by atoms with Crippen molar-refractivity contribution in [3.05, 3.63) is 41.7 Å². The molecule has 6 nitrogen and oxygen atoms in total. The van der Waals surface area contributed by atoms with Crippen LogP contribution < -0.4 is 10.6 Å². The van der Waals surface area contributed by atoms with Gasteiger partial charge in [-0.25, -0.2) is 4.68 Å². The Balaban J connectivity index is 1.65. The highest BCUT2D eigenvalue weighted by molar-refractivity contribution is 6.02. The second-order valence-corrected chi connectivity index (χ2v) is 6.30. The first-order chi connectivity index (χ1) is 11.1. The molecule has 0 radical (unpaired) electrons. The van der Waals surface area contributed by atoms with Gasteiger partial charge in [-0.1, -0.05) is 31.2 Å². The summed E-state index contributed by atoms with van der Waals surface area (Å²) < 4.78 is 1.82. The van der Waals surface area contributed by atoms with Gasteiger partial charge in [0.1, 0.15) is 0 Å². The summed E-state index contributed by atoms with van der Waals surface area (Å²) in [5, 5.41) is 14.3. The number of carbonyl (C=O) groups is 1. The Bertz CT molecular complexity index is 656. The fourth-order valence-electron chi connectivity index (χ4n) is 2.78. The number of hydrogen-bond acceptors (Lipinski definition) is 4. The molecule has 1 fully saturated rings. The van der Waals surface area contributed by atoms with Crippen LogP contribution >= 0.6 is 0 Å². The number of anilines is 1. The summed E-state index contributed by atoms with van der Waals surface area (Å²) >= 11 is 0. The Morgan fingerprint density at radius 2 is 1.96 bits per heavy atom. The van der Waals surface area contributed by atoms with Gasteiger partial charge in [0.2, 0.25) is 0 Å². The summed E-state index contributed by atoms with van der Waals surface area (Å²) in [7, 11) is 0. The SMILES string of the molecule is CC(C)c1ccc(NC(=O)c2cn(C3CCNCC3)nn2)cc1. The topological polar surface area (TPSA) is 71.8 Å². The molecule has 1 saturated heterocycles. The second kappa shape index (κ2) is 6.91. The molecule has 0 unspecified atom stereocenters. The molecule has 1 aliphatic rings. The number of aromatic nitrogens is 3. The average Bonchev–Trinajstić information content (AvgIpc) is 3.06. The van der Waals surface area contributed by atoms with Crippen molar-refractivity contribution in [1.82, 2.24) is 20.3 Å². The lowest BCUT2D eigenvalue weighted by molar-refractivity contribution is 0.102. The lowest BCUT2D eigenvalue weighted by Gasteiger charge is -2.22. The van der Waals surface area contributed by atoms with Crippen LogP contribution in [0, 0.1) is 0 Å². The first-order valence-corrected chi connectivity index (χ1v) is 8.17. The highest BCUT2D eigenvalue weighted by Crippen LogP contribution is 2.19. The molecule has 0 atom stereocenters. The number of carbonyl (C=O) groups excluding carboxylic acids is 1. The van der Waals surface area contributed by atoms with Crippen LogP contribution in [0.15, 0.2) is 30.5 Å². The zero-order valence-corrected chi connectivity index (χ0v) is 13.6. The van der Waals surface area contributed by atoms with Crippen molar-refractivity contribution in [2.24, 2.45) is 0 Å². The average molecular weight is 313 g/mol. The van der Waals surface area contributed by atoms with Crippen LogP contribution in [-0.4, -0.2) is 34.0 Å². The minimum atomic E-state index is -0.220. The summed E-state index contributed by atoms with van der Waals surface area (Å²) in [6.07, 6.45) is 3.77. The van der Waals surface area contributed by atoms with Crippen molar-refractivity contribution in [3.8, 4) is 0 Å². The van der Waals surface area contributed by atoms with Gasteiger partial charge in [-0.05, 0) is 49.5 Å².